The second kappa shape index (κ2) is 4.03. The molecule has 0 saturated carbocycles. The Kier molecular flexibility index (Phi) is 2.73. The monoisotopic (exact) mass is 263 g/mol. The van der Waals surface area contributed by atoms with Gasteiger partial charge in [-0.15, -0.1) is 0 Å². The van der Waals surface area contributed by atoms with E-state index in [4.69, 9.17) is 0 Å². The van der Waals surface area contributed by atoms with Crippen LogP contribution in [-0.2, 0) is 0 Å². The standard InChI is InChI=1S/C12H10BrNO/c1-8-6-11(14-7-10(8)13)9-4-2-3-5-12(9)15/h2-7,15H,1H3. The molecule has 76 valence electrons. The van der Waals surface area contributed by atoms with Crippen LogP contribution in [0.5, 0.6) is 5.75 Å². The molecule has 3 heteroatoms. The summed E-state index contributed by atoms with van der Waals surface area (Å²) in [6, 6.07) is 9.14. The van der Waals surface area contributed by atoms with Crippen molar-refractivity contribution in [3.05, 3.63) is 46.6 Å². The van der Waals surface area contributed by atoms with Crippen molar-refractivity contribution in [2.45, 2.75) is 6.92 Å². The fourth-order valence-corrected chi connectivity index (χ4v) is 1.59. The lowest BCUT2D eigenvalue weighted by Gasteiger charge is -2.05. The van der Waals surface area contributed by atoms with Gasteiger partial charge in [0.05, 0.1) is 5.69 Å². The first kappa shape index (κ1) is 10.2. The first-order valence-electron chi connectivity index (χ1n) is 4.59. The van der Waals surface area contributed by atoms with Crippen LogP contribution in [0.3, 0.4) is 0 Å². The fraction of sp³-hybridized carbons (Fsp3) is 0.0833. The lowest BCUT2D eigenvalue weighted by Crippen LogP contribution is -1.86. The number of hydrogen-bond donors (Lipinski definition) is 1. The van der Waals surface area contributed by atoms with Crippen molar-refractivity contribution < 1.29 is 5.11 Å². The van der Waals surface area contributed by atoms with Gasteiger partial charge in [0.2, 0.25) is 0 Å². The average molecular weight is 264 g/mol. The third-order valence-corrected chi connectivity index (χ3v) is 3.06. The van der Waals surface area contributed by atoms with E-state index in [1.165, 1.54) is 0 Å². The summed E-state index contributed by atoms with van der Waals surface area (Å²) in [6.45, 7) is 2.00. The van der Waals surface area contributed by atoms with Gasteiger partial charge in [0, 0.05) is 16.2 Å². The normalized spacial score (nSPS) is 10.3. The number of phenolic OH excluding ortho intramolecular Hbond substituents is 1. The van der Waals surface area contributed by atoms with E-state index in [1.807, 2.05) is 25.1 Å². The molecule has 15 heavy (non-hydrogen) atoms. The molecule has 1 heterocycles. The molecule has 2 aromatic rings. The molecule has 1 N–H and O–H groups in total. The number of benzene rings is 1. The number of para-hydroxylation sites is 1. The smallest absolute Gasteiger partial charge is 0.124 e. The van der Waals surface area contributed by atoms with E-state index in [9.17, 15) is 5.11 Å². The van der Waals surface area contributed by atoms with Gasteiger partial charge in [0.15, 0.2) is 0 Å². The van der Waals surface area contributed by atoms with Crippen LogP contribution in [0.4, 0.5) is 0 Å². The summed E-state index contributed by atoms with van der Waals surface area (Å²) in [7, 11) is 0. The fourth-order valence-electron chi connectivity index (χ4n) is 1.38. The Morgan fingerprint density at radius 3 is 2.67 bits per heavy atom. The Morgan fingerprint density at radius 1 is 1.27 bits per heavy atom. The number of aryl methyl sites for hydroxylation is 1. The molecule has 0 aliphatic carbocycles. The Hall–Kier alpha value is -1.35. The summed E-state index contributed by atoms with van der Waals surface area (Å²) >= 11 is 3.40. The number of rotatable bonds is 1. The molecule has 0 amide bonds. The van der Waals surface area contributed by atoms with Crippen LogP contribution in [0.1, 0.15) is 5.56 Å². The molecule has 0 unspecified atom stereocenters. The van der Waals surface area contributed by atoms with Crippen LogP contribution < -0.4 is 0 Å². The second-order valence-electron chi connectivity index (χ2n) is 3.34. The van der Waals surface area contributed by atoms with Crippen molar-refractivity contribution in [1.29, 1.82) is 0 Å². The van der Waals surface area contributed by atoms with Gasteiger partial charge >= 0.3 is 0 Å². The number of nitrogens with zero attached hydrogens (tertiary/aromatic N) is 1. The maximum atomic E-state index is 9.67. The van der Waals surface area contributed by atoms with Crippen molar-refractivity contribution in [2.75, 3.05) is 0 Å². The molecule has 1 aromatic carbocycles. The minimum atomic E-state index is 0.256. The molecule has 0 fully saturated rings. The van der Waals surface area contributed by atoms with Crippen molar-refractivity contribution in [3.8, 4) is 17.0 Å². The van der Waals surface area contributed by atoms with Gasteiger partial charge in [0.1, 0.15) is 5.75 Å². The lowest BCUT2D eigenvalue weighted by atomic mass is 10.1. The van der Waals surface area contributed by atoms with E-state index in [1.54, 1.807) is 18.3 Å². The van der Waals surface area contributed by atoms with E-state index in [0.717, 1.165) is 21.3 Å². The third kappa shape index (κ3) is 2.02. The molecular formula is C12H10BrNO. The predicted octanol–water partition coefficient (Wildman–Crippen LogP) is 3.53. The van der Waals surface area contributed by atoms with Gasteiger partial charge in [0.25, 0.3) is 0 Å². The van der Waals surface area contributed by atoms with Crippen LogP contribution in [0.2, 0.25) is 0 Å². The first-order chi connectivity index (χ1) is 7.18. The SMILES string of the molecule is Cc1cc(-c2ccccc2O)ncc1Br. The van der Waals surface area contributed by atoms with Crippen LogP contribution in [0.15, 0.2) is 41.0 Å². The highest BCUT2D eigenvalue weighted by Gasteiger charge is 2.05. The average Bonchev–Trinajstić information content (AvgIpc) is 2.23. The van der Waals surface area contributed by atoms with Gasteiger partial charge in [-0.3, -0.25) is 4.98 Å². The predicted molar refractivity (Wildman–Crippen MR) is 63.8 cm³/mol. The summed E-state index contributed by atoms with van der Waals surface area (Å²) in [5, 5.41) is 9.67. The zero-order valence-corrected chi connectivity index (χ0v) is 9.82. The topological polar surface area (TPSA) is 33.1 Å². The van der Waals surface area contributed by atoms with E-state index < -0.39 is 0 Å². The highest BCUT2D eigenvalue weighted by molar-refractivity contribution is 9.10. The summed E-state index contributed by atoms with van der Waals surface area (Å²) in [4.78, 5) is 4.26. The zero-order chi connectivity index (χ0) is 10.8. The molecule has 0 bridgehead atoms. The molecule has 0 saturated heterocycles. The van der Waals surface area contributed by atoms with Crippen molar-refractivity contribution in [1.82, 2.24) is 4.98 Å². The number of aromatic hydroxyl groups is 1. The molecule has 0 spiro atoms. The number of pyridine rings is 1. The maximum absolute atomic E-state index is 9.67. The van der Waals surface area contributed by atoms with Crippen molar-refractivity contribution in [2.24, 2.45) is 0 Å². The minimum Gasteiger partial charge on any atom is -0.507 e. The number of phenols is 1. The lowest BCUT2D eigenvalue weighted by molar-refractivity contribution is 0.477. The Bertz CT molecular complexity index is 497. The largest absolute Gasteiger partial charge is 0.507 e. The molecule has 0 atom stereocenters. The molecule has 0 radical (unpaired) electrons. The van der Waals surface area contributed by atoms with E-state index in [-0.39, 0.29) is 5.75 Å². The number of halogens is 1. The van der Waals surface area contributed by atoms with Crippen molar-refractivity contribution >= 4 is 15.9 Å². The molecule has 0 aliphatic rings. The van der Waals surface area contributed by atoms with Crippen molar-refractivity contribution in [3.63, 3.8) is 0 Å². The van der Waals surface area contributed by atoms with Crippen LogP contribution in [0.25, 0.3) is 11.3 Å². The Labute approximate surface area is 96.7 Å². The minimum absolute atomic E-state index is 0.256. The van der Waals surface area contributed by atoms with Gasteiger partial charge in [-0.1, -0.05) is 12.1 Å². The van der Waals surface area contributed by atoms with Gasteiger partial charge < -0.3 is 5.11 Å². The summed E-state index contributed by atoms with van der Waals surface area (Å²) in [5.74, 6) is 0.256. The van der Waals surface area contributed by atoms with Gasteiger partial charge in [-0.25, -0.2) is 0 Å². The highest BCUT2D eigenvalue weighted by Crippen LogP contribution is 2.28. The van der Waals surface area contributed by atoms with Crippen LogP contribution in [-0.4, -0.2) is 10.1 Å². The highest BCUT2D eigenvalue weighted by atomic mass is 79.9. The molecule has 0 aliphatic heterocycles. The van der Waals surface area contributed by atoms with Crippen LogP contribution in [0, 0.1) is 6.92 Å². The maximum Gasteiger partial charge on any atom is 0.124 e. The second-order valence-corrected chi connectivity index (χ2v) is 4.19. The summed E-state index contributed by atoms with van der Waals surface area (Å²) in [6.07, 6.45) is 1.75. The quantitative estimate of drug-likeness (QED) is 0.854. The zero-order valence-electron chi connectivity index (χ0n) is 8.24. The van der Waals surface area contributed by atoms with Gasteiger partial charge in [-0.05, 0) is 46.6 Å². The summed E-state index contributed by atoms with van der Waals surface area (Å²) < 4.78 is 0.974. The molecule has 2 rings (SSSR count). The van der Waals surface area contributed by atoms with Crippen LogP contribution >= 0.6 is 15.9 Å². The summed E-state index contributed by atoms with van der Waals surface area (Å²) in [5.41, 5.74) is 2.64. The Balaban J connectivity index is 2.55. The van der Waals surface area contributed by atoms with Gasteiger partial charge in [-0.2, -0.15) is 0 Å². The first-order valence-corrected chi connectivity index (χ1v) is 5.38. The van der Waals surface area contributed by atoms with E-state index >= 15 is 0 Å². The number of aromatic nitrogens is 1. The molecule has 2 nitrogen and oxygen atoms in total. The molecular weight excluding hydrogens is 254 g/mol. The van der Waals surface area contributed by atoms with E-state index in [2.05, 4.69) is 20.9 Å². The Morgan fingerprint density at radius 2 is 2.00 bits per heavy atom. The third-order valence-electron chi connectivity index (χ3n) is 2.23. The molecule has 1 aromatic heterocycles. The van der Waals surface area contributed by atoms with E-state index in [0.29, 0.717) is 0 Å². The number of hydrogen-bond acceptors (Lipinski definition) is 2.